The highest BCUT2D eigenvalue weighted by atomic mass is 19.4. The van der Waals surface area contributed by atoms with Crippen LogP contribution in [0.2, 0.25) is 0 Å². The molecule has 1 fully saturated rings. The summed E-state index contributed by atoms with van der Waals surface area (Å²) in [5.74, 6) is -0.415. The lowest BCUT2D eigenvalue weighted by Gasteiger charge is -2.18. The van der Waals surface area contributed by atoms with Gasteiger partial charge in [0.15, 0.2) is 0 Å². The van der Waals surface area contributed by atoms with Crippen molar-refractivity contribution in [2.75, 3.05) is 6.54 Å². The van der Waals surface area contributed by atoms with Gasteiger partial charge in [-0.15, -0.1) is 0 Å². The van der Waals surface area contributed by atoms with E-state index in [9.17, 15) is 18.0 Å². The number of benzene rings is 1. The molecule has 1 aromatic carbocycles. The number of hydrogen-bond acceptors (Lipinski definition) is 2. The van der Waals surface area contributed by atoms with Gasteiger partial charge in [0.25, 0.3) is 5.91 Å². The Balaban J connectivity index is 2.19. The number of rotatable bonds is 4. The highest BCUT2D eigenvalue weighted by molar-refractivity contribution is 5.96. The fourth-order valence-corrected chi connectivity index (χ4v) is 2.04. The van der Waals surface area contributed by atoms with Gasteiger partial charge < -0.3 is 11.1 Å². The van der Waals surface area contributed by atoms with Gasteiger partial charge in [-0.2, -0.15) is 13.2 Å². The van der Waals surface area contributed by atoms with Crippen LogP contribution in [0.25, 0.3) is 0 Å². The molecule has 0 heterocycles. The highest BCUT2D eigenvalue weighted by Gasteiger charge is 2.36. The summed E-state index contributed by atoms with van der Waals surface area (Å²) in [7, 11) is 0. The molecule has 0 saturated heterocycles. The first kappa shape index (κ1) is 13.9. The maximum Gasteiger partial charge on any atom is 0.417 e. The summed E-state index contributed by atoms with van der Waals surface area (Å²) in [6.07, 6.45) is -2.61. The van der Waals surface area contributed by atoms with Crippen molar-refractivity contribution >= 4 is 5.91 Å². The zero-order chi connectivity index (χ0) is 14.0. The number of hydrogen-bond donors (Lipinski definition) is 2. The molecular weight excluding hydrogens is 257 g/mol. The largest absolute Gasteiger partial charge is 0.417 e. The van der Waals surface area contributed by atoms with Crippen molar-refractivity contribution in [2.45, 2.75) is 25.1 Å². The molecule has 3 N–H and O–H groups in total. The predicted octanol–water partition coefficient (Wildman–Crippen LogP) is 2.17. The molecule has 0 aromatic heterocycles. The van der Waals surface area contributed by atoms with E-state index in [1.54, 1.807) is 0 Å². The second-order valence-electron chi connectivity index (χ2n) is 4.70. The average molecular weight is 272 g/mol. The van der Waals surface area contributed by atoms with Crippen LogP contribution in [0.3, 0.4) is 0 Å². The Labute approximate surface area is 109 Å². The second kappa shape index (κ2) is 5.21. The fraction of sp³-hybridized carbons (Fsp3) is 0.462. The standard InChI is InChI=1S/C13H15F3N2O/c14-13(15,16)10-4-2-1-3-9(10)12(19)18-11(7-17)8-5-6-8/h1-4,8,11H,5-7,17H2,(H,18,19)/t11-/m0/s1. The number of carbonyl (C=O) groups is 1. The third-order valence-electron chi connectivity index (χ3n) is 3.24. The van der Waals surface area contributed by atoms with Gasteiger partial charge in [0.1, 0.15) is 0 Å². The minimum atomic E-state index is -4.54. The van der Waals surface area contributed by atoms with Crippen molar-refractivity contribution in [3.05, 3.63) is 35.4 Å². The molecule has 0 bridgehead atoms. The molecule has 1 saturated carbocycles. The Morgan fingerprint density at radius 2 is 2.00 bits per heavy atom. The molecule has 0 aliphatic heterocycles. The normalized spacial score (nSPS) is 17.1. The average Bonchev–Trinajstić information content (AvgIpc) is 3.19. The maximum atomic E-state index is 12.8. The van der Waals surface area contributed by atoms with Crippen LogP contribution < -0.4 is 11.1 Å². The van der Waals surface area contributed by atoms with Crippen LogP contribution in [0, 0.1) is 5.92 Å². The summed E-state index contributed by atoms with van der Waals surface area (Å²) in [6, 6.07) is 4.52. The van der Waals surface area contributed by atoms with Crippen molar-refractivity contribution in [1.82, 2.24) is 5.32 Å². The lowest BCUT2D eigenvalue weighted by molar-refractivity contribution is -0.137. The summed E-state index contributed by atoms with van der Waals surface area (Å²) >= 11 is 0. The van der Waals surface area contributed by atoms with Crippen LogP contribution in [-0.2, 0) is 6.18 Å². The summed E-state index contributed by atoms with van der Waals surface area (Å²) in [5, 5.41) is 2.59. The topological polar surface area (TPSA) is 55.1 Å². The molecule has 3 nitrogen and oxygen atoms in total. The third-order valence-corrected chi connectivity index (χ3v) is 3.24. The number of carbonyl (C=O) groups excluding carboxylic acids is 1. The molecule has 0 radical (unpaired) electrons. The molecule has 1 atom stereocenters. The smallest absolute Gasteiger partial charge is 0.348 e. The van der Waals surface area contributed by atoms with E-state index in [4.69, 9.17) is 5.73 Å². The Hall–Kier alpha value is -1.56. The van der Waals surface area contributed by atoms with Crippen LogP contribution in [0.1, 0.15) is 28.8 Å². The van der Waals surface area contributed by atoms with Gasteiger partial charge in [-0.05, 0) is 30.9 Å². The van der Waals surface area contributed by atoms with E-state index in [-0.39, 0.29) is 18.2 Å². The number of alkyl halides is 3. The lowest BCUT2D eigenvalue weighted by Crippen LogP contribution is -2.42. The number of halogens is 3. The molecule has 2 rings (SSSR count). The molecule has 1 aliphatic carbocycles. The Morgan fingerprint density at radius 3 is 2.53 bits per heavy atom. The maximum absolute atomic E-state index is 12.8. The third kappa shape index (κ3) is 3.26. The van der Waals surface area contributed by atoms with Crippen LogP contribution in [-0.4, -0.2) is 18.5 Å². The van der Waals surface area contributed by atoms with E-state index >= 15 is 0 Å². The van der Waals surface area contributed by atoms with E-state index in [2.05, 4.69) is 5.32 Å². The molecule has 6 heteroatoms. The van der Waals surface area contributed by atoms with E-state index in [0.29, 0.717) is 5.92 Å². The summed E-state index contributed by atoms with van der Waals surface area (Å²) in [5.41, 5.74) is 4.26. The molecule has 19 heavy (non-hydrogen) atoms. The van der Waals surface area contributed by atoms with Crippen molar-refractivity contribution in [3.8, 4) is 0 Å². The first-order valence-electron chi connectivity index (χ1n) is 6.10. The van der Waals surface area contributed by atoms with Gasteiger partial charge in [0, 0.05) is 12.6 Å². The van der Waals surface area contributed by atoms with Crippen molar-refractivity contribution < 1.29 is 18.0 Å². The monoisotopic (exact) mass is 272 g/mol. The quantitative estimate of drug-likeness (QED) is 0.882. The SMILES string of the molecule is NC[C@H](NC(=O)c1ccccc1C(F)(F)F)C1CC1. The van der Waals surface area contributed by atoms with Gasteiger partial charge in [-0.3, -0.25) is 4.79 Å². The van der Waals surface area contributed by atoms with Crippen molar-refractivity contribution in [3.63, 3.8) is 0 Å². The Bertz CT molecular complexity index is 469. The number of amides is 1. The minimum absolute atomic E-state index is 0.241. The molecule has 0 unspecified atom stereocenters. The van der Waals surface area contributed by atoms with Gasteiger partial charge in [-0.1, -0.05) is 12.1 Å². The van der Waals surface area contributed by atoms with Crippen molar-refractivity contribution in [2.24, 2.45) is 11.7 Å². The van der Waals surface area contributed by atoms with E-state index in [0.717, 1.165) is 18.9 Å². The van der Waals surface area contributed by atoms with Gasteiger partial charge in [0.2, 0.25) is 0 Å². The zero-order valence-corrected chi connectivity index (χ0v) is 10.2. The second-order valence-corrected chi connectivity index (χ2v) is 4.70. The predicted molar refractivity (Wildman–Crippen MR) is 64.5 cm³/mol. The van der Waals surface area contributed by atoms with Crippen LogP contribution in [0.4, 0.5) is 13.2 Å². The van der Waals surface area contributed by atoms with Crippen LogP contribution in [0.15, 0.2) is 24.3 Å². The molecule has 0 spiro atoms. The van der Waals surface area contributed by atoms with Crippen molar-refractivity contribution in [1.29, 1.82) is 0 Å². The highest BCUT2D eigenvalue weighted by Crippen LogP contribution is 2.34. The summed E-state index contributed by atoms with van der Waals surface area (Å²) in [6.45, 7) is 0.241. The number of nitrogens with one attached hydrogen (secondary N) is 1. The molecule has 104 valence electrons. The zero-order valence-electron chi connectivity index (χ0n) is 10.2. The fourth-order valence-electron chi connectivity index (χ4n) is 2.04. The molecule has 1 amide bonds. The van der Waals surface area contributed by atoms with Gasteiger partial charge in [-0.25, -0.2) is 0 Å². The minimum Gasteiger partial charge on any atom is -0.348 e. The van der Waals surface area contributed by atoms with E-state index < -0.39 is 17.6 Å². The molecular formula is C13H15F3N2O. The number of nitrogens with two attached hydrogens (primary N) is 1. The van der Waals surface area contributed by atoms with E-state index in [1.165, 1.54) is 18.2 Å². The molecule has 1 aromatic rings. The van der Waals surface area contributed by atoms with Gasteiger partial charge >= 0.3 is 6.18 Å². The van der Waals surface area contributed by atoms with Crippen LogP contribution >= 0.6 is 0 Å². The van der Waals surface area contributed by atoms with Gasteiger partial charge in [0.05, 0.1) is 11.1 Å². The van der Waals surface area contributed by atoms with Crippen LogP contribution in [0.5, 0.6) is 0 Å². The molecule has 1 aliphatic rings. The lowest BCUT2D eigenvalue weighted by atomic mass is 10.1. The first-order valence-corrected chi connectivity index (χ1v) is 6.10. The Kier molecular flexibility index (Phi) is 3.80. The first-order chi connectivity index (χ1) is 8.93. The summed E-state index contributed by atoms with van der Waals surface area (Å²) < 4.78 is 38.4. The van der Waals surface area contributed by atoms with E-state index in [1.807, 2.05) is 0 Å². The Morgan fingerprint density at radius 1 is 1.37 bits per heavy atom. The summed E-state index contributed by atoms with van der Waals surface area (Å²) in [4.78, 5) is 11.9.